The molecule has 0 aliphatic rings. The SMILES string of the molecule is CC(=NN=C(NN=C(C)c1ccc(Cl)cc1)NC(=O)c1ccccc1)c1ccc(Cl)cc1. The molecule has 0 aromatic heterocycles. The lowest BCUT2D eigenvalue weighted by molar-refractivity contribution is 0.0975. The Hall–Kier alpha value is -3.48. The quantitative estimate of drug-likeness (QED) is 0.295. The fourth-order valence-electron chi connectivity index (χ4n) is 2.61. The molecule has 0 radical (unpaired) electrons. The van der Waals surface area contributed by atoms with Gasteiger partial charge in [-0.1, -0.05) is 65.7 Å². The van der Waals surface area contributed by atoms with E-state index in [1.54, 1.807) is 48.5 Å². The van der Waals surface area contributed by atoms with Crippen LogP contribution < -0.4 is 10.7 Å². The van der Waals surface area contributed by atoms with Crippen molar-refractivity contribution in [2.75, 3.05) is 0 Å². The molecule has 3 aromatic rings. The highest BCUT2D eigenvalue weighted by Gasteiger charge is 2.09. The molecule has 0 aliphatic heterocycles. The molecule has 3 rings (SSSR count). The van der Waals surface area contributed by atoms with Gasteiger partial charge in [0.2, 0.25) is 5.96 Å². The topological polar surface area (TPSA) is 78.2 Å². The summed E-state index contributed by atoms with van der Waals surface area (Å²) in [4.78, 5) is 12.6. The summed E-state index contributed by atoms with van der Waals surface area (Å²) < 4.78 is 0. The van der Waals surface area contributed by atoms with E-state index in [1.165, 1.54) is 0 Å². The van der Waals surface area contributed by atoms with Crippen LogP contribution in [0.25, 0.3) is 0 Å². The van der Waals surface area contributed by atoms with Crippen molar-refractivity contribution in [1.82, 2.24) is 10.7 Å². The summed E-state index contributed by atoms with van der Waals surface area (Å²) in [7, 11) is 0. The molecule has 0 spiro atoms. The van der Waals surface area contributed by atoms with Crippen LogP contribution in [0.3, 0.4) is 0 Å². The fraction of sp³-hybridized carbons (Fsp3) is 0.0833. The first kappa shape index (κ1) is 23.2. The molecule has 0 atom stereocenters. The summed E-state index contributed by atoms with van der Waals surface area (Å²) >= 11 is 11.9. The van der Waals surface area contributed by atoms with Gasteiger partial charge in [-0.3, -0.25) is 10.1 Å². The van der Waals surface area contributed by atoms with Crippen LogP contribution in [0, 0.1) is 0 Å². The largest absolute Gasteiger partial charge is 0.290 e. The lowest BCUT2D eigenvalue weighted by Gasteiger charge is -2.08. The summed E-state index contributed by atoms with van der Waals surface area (Å²) in [5.41, 5.74) is 6.33. The number of carbonyl (C=O) groups is 1. The van der Waals surface area contributed by atoms with Gasteiger partial charge in [0.15, 0.2) is 0 Å². The van der Waals surface area contributed by atoms with Crippen LogP contribution in [0.4, 0.5) is 0 Å². The van der Waals surface area contributed by atoms with Gasteiger partial charge in [0.25, 0.3) is 5.91 Å². The van der Waals surface area contributed by atoms with E-state index < -0.39 is 0 Å². The molecule has 0 unspecified atom stereocenters. The van der Waals surface area contributed by atoms with E-state index in [4.69, 9.17) is 23.2 Å². The fourth-order valence-corrected chi connectivity index (χ4v) is 2.86. The van der Waals surface area contributed by atoms with Gasteiger partial charge in [-0.05, 0) is 61.4 Å². The molecule has 6 nitrogen and oxygen atoms in total. The van der Waals surface area contributed by atoms with Crippen molar-refractivity contribution in [2.45, 2.75) is 13.8 Å². The Bertz CT molecular complexity index is 1160. The van der Waals surface area contributed by atoms with Gasteiger partial charge in [0, 0.05) is 15.6 Å². The normalized spacial score (nSPS) is 12.4. The molecule has 0 saturated carbocycles. The van der Waals surface area contributed by atoms with Crippen LogP contribution in [-0.2, 0) is 0 Å². The Morgan fingerprint density at radius 1 is 0.688 bits per heavy atom. The average Bonchev–Trinajstić information content (AvgIpc) is 2.81. The van der Waals surface area contributed by atoms with Crippen LogP contribution in [0.2, 0.25) is 10.0 Å². The predicted octanol–water partition coefficient (Wildman–Crippen LogP) is 5.52. The number of hydrogen-bond acceptors (Lipinski definition) is 4. The summed E-state index contributed by atoms with van der Waals surface area (Å²) in [5.74, 6) is -0.254. The molecule has 8 heteroatoms. The van der Waals surface area contributed by atoms with Gasteiger partial charge in [-0.25, -0.2) is 5.43 Å². The second-order valence-corrected chi connectivity index (χ2v) is 7.65. The second-order valence-electron chi connectivity index (χ2n) is 6.78. The predicted molar refractivity (Wildman–Crippen MR) is 132 cm³/mol. The van der Waals surface area contributed by atoms with Crippen molar-refractivity contribution < 1.29 is 4.79 Å². The number of carbonyl (C=O) groups excluding carboxylic acids is 1. The van der Waals surface area contributed by atoms with Crippen LogP contribution in [0.1, 0.15) is 35.3 Å². The number of nitrogens with zero attached hydrogens (tertiary/aromatic N) is 3. The first-order valence-corrected chi connectivity index (χ1v) is 10.5. The summed E-state index contributed by atoms with van der Waals surface area (Å²) in [6.07, 6.45) is 0. The smallest absolute Gasteiger partial charge is 0.258 e. The lowest BCUT2D eigenvalue weighted by atomic mass is 10.1. The molecular formula is C24H21Cl2N5O. The van der Waals surface area contributed by atoms with Crippen molar-refractivity contribution in [2.24, 2.45) is 15.3 Å². The number of guanidine groups is 1. The maximum Gasteiger partial charge on any atom is 0.258 e. The van der Waals surface area contributed by atoms with Crippen LogP contribution >= 0.6 is 23.2 Å². The minimum atomic E-state index is -0.337. The van der Waals surface area contributed by atoms with Gasteiger partial charge in [-0.2, -0.15) is 10.2 Å². The molecule has 162 valence electrons. The molecule has 0 aliphatic carbocycles. The molecule has 1 amide bonds. The van der Waals surface area contributed by atoms with Gasteiger partial charge in [0.1, 0.15) is 0 Å². The molecule has 0 fully saturated rings. The minimum absolute atomic E-state index is 0.0838. The Labute approximate surface area is 196 Å². The first-order chi connectivity index (χ1) is 15.4. The van der Waals surface area contributed by atoms with E-state index in [1.807, 2.05) is 44.2 Å². The van der Waals surface area contributed by atoms with E-state index >= 15 is 0 Å². The highest BCUT2D eigenvalue weighted by atomic mass is 35.5. The van der Waals surface area contributed by atoms with Gasteiger partial charge in [0.05, 0.1) is 11.4 Å². The molecule has 3 aromatic carbocycles. The van der Waals surface area contributed by atoms with Gasteiger partial charge in [-0.15, -0.1) is 5.10 Å². The van der Waals surface area contributed by atoms with E-state index in [2.05, 4.69) is 26.0 Å². The summed E-state index contributed by atoms with van der Waals surface area (Å²) in [6.45, 7) is 3.64. The monoisotopic (exact) mass is 465 g/mol. The number of halogens is 2. The zero-order chi connectivity index (χ0) is 22.9. The standard InChI is InChI=1S/C24H21Cl2N5O/c1-16(18-8-12-21(25)13-9-18)28-30-24(27-23(32)20-6-4-3-5-7-20)31-29-17(2)19-10-14-22(26)15-11-19/h3-15H,1-2H3,(H2,27,30,31,32). The van der Waals surface area contributed by atoms with Gasteiger partial charge >= 0.3 is 0 Å². The maximum atomic E-state index is 12.6. The van der Waals surface area contributed by atoms with Crippen molar-refractivity contribution in [3.05, 3.63) is 106 Å². The summed E-state index contributed by atoms with van der Waals surface area (Å²) in [6, 6.07) is 23.3. The summed E-state index contributed by atoms with van der Waals surface area (Å²) in [5, 5.41) is 16.7. The first-order valence-electron chi connectivity index (χ1n) is 9.73. The molecule has 32 heavy (non-hydrogen) atoms. The van der Waals surface area contributed by atoms with E-state index in [0.717, 1.165) is 11.1 Å². The highest BCUT2D eigenvalue weighted by molar-refractivity contribution is 6.31. The minimum Gasteiger partial charge on any atom is -0.290 e. The number of nitrogens with one attached hydrogen (secondary N) is 2. The number of rotatable bonds is 5. The highest BCUT2D eigenvalue weighted by Crippen LogP contribution is 2.11. The third-order valence-electron chi connectivity index (χ3n) is 4.42. The van der Waals surface area contributed by atoms with Crippen LogP contribution in [0.15, 0.2) is 94.2 Å². The Morgan fingerprint density at radius 2 is 1.22 bits per heavy atom. The Morgan fingerprint density at radius 3 is 1.78 bits per heavy atom. The Kier molecular flexibility index (Phi) is 8.14. The van der Waals surface area contributed by atoms with Crippen molar-refractivity contribution >= 4 is 46.5 Å². The van der Waals surface area contributed by atoms with Crippen LogP contribution in [0.5, 0.6) is 0 Å². The van der Waals surface area contributed by atoms with E-state index in [-0.39, 0.29) is 11.9 Å². The number of hydrazone groups is 1. The third kappa shape index (κ3) is 6.77. The third-order valence-corrected chi connectivity index (χ3v) is 4.93. The van der Waals surface area contributed by atoms with Crippen molar-refractivity contribution in [3.63, 3.8) is 0 Å². The molecular weight excluding hydrogens is 445 g/mol. The van der Waals surface area contributed by atoms with E-state index in [0.29, 0.717) is 27.0 Å². The second kappa shape index (κ2) is 11.2. The lowest BCUT2D eigenvalue weighted by Crippen LogP contribution is -2.39. The number of benzene rings is 3. The van der Waals surface area contributed by atoms with E-state index in [9.17, 15) is 4.79 Å². The zero-order valence-electron chi connectivity index (χ0n) is 17.5. The molecule has 2 N–H and O–H groups in total. The Balaban J connectivity index is 1.84. The van der Waals surface area contributed by atoms with Crippen LogP contribution in [-0.4, -0.2) is 23.3 Å². The maximum absolute atomic E-state index is 12.6. The molecule has 0 heterocycles. The average molecular weight is 466 g/mol. The molecule has 0 bridgehead atoms. The van der Waals surface area contributed by atoms with Crippen molar-refractivity contribution in [3.8, 4) is 0 Å². The number of amides is 1. The van der Waals surface area contributed by atoms with Crippen molar-refractivity contribution in [1.29, 1.82) is 0 Å². The van der Waals surface area contributed by atoms with Gasteiger partial charge < -0.3 is 0 Å². The molecule has 0 saturated heterocycles. The zero-order valence-corrected chi connectivity index (χ0v) is 19.0. The number of hydrogen-bond donors (Lipinski definition) is 2.